The lowest BCUT2D eigenvalue weighted by Gasteiger charge is -2.35. The Kier molecular flexibility index (Phi) is 7.81. The Hall–Kier alpha value is -2.85. The average molecular weight is 489 g/mol. The zero-order valence-corrected chi connectivity index (χ0v) is 20.4. The molecule has 0 spiro atoms. The number of halogens is 2. The first kappa shape index (κ1) is 25.2. The van der Waals surface area contributed by atoms with Crippen LogP contribution < -0.4 is 10.6 Å². The van der Waals surface area contributed by atoms with Crippen molar-refractivity contribution in [3.63, 3.8) is 0 Å². The lowest BCUT2D eigenvalue weighted by atomic mass is 10.00. The number of rotatable bonds is 7. The van der Waals surface area contributed by atoms with Crippen molar-refractivity contribution in [2.45, 2.75) is 45.1 Å². The number of aryl methyl sites for hydroxylation is 1. The van der Waals surface area contributed by atoms with Gasteiger partial charge in [-0.1, -0.05) is 13.0 Å². The summed E-state index contributed by atoms with van der Waals surface area (Å²) >= 11 is 0. The highest BCUT2D eigenvalue weighted by Crippen LogP contribution is 2.37. The zero-order chi connectivity index (χ0) is 25.0. The van der Waals surface area contributed by atoms with Gasteiger partial charge in [0.15, 0.2) is 0 Å². The number of carbonyl (C=O) groups is 1. The molecule has 3 N–H and O–H groups in total. The van der Waals surface area contributed by atoms with Gasteiger partial charge in [-0.15, -0.1) is 10.2 Å². The van der Waals surface area contributed by atoms with Crippen molar-refractivity contribution in [1.82, 2.24) is 25.3 Å². The van der Waals surface area contributed by atoms with Crippen molar-refractivity contribution in [2.75, 3.05) is 51.1 Å². The summed E-state index contributed by atoms with van der Waals surface area (Å²) in [6, 6.07) is 5.88. The summed E-state index contributed by atoms with van der Waals surface area (Å²) in [5, 5.41) is 25.6. The van der Waals surface area contributed by atoms with Crippen LogP contribution in [0.1, 0.15) is 37.3 Å². The molecule has 0 radical (unpaired) electrons. The van der Waals surface area contributed by atoms with E-state index < -0.39 is 5.92 Å². The molecule has 35 heavy (non-hydrogen) atoms. The normalized spacial score (nSPS) is 19.5. The molecule has 1 amide bonds. The van der Waals surface area contributed by atoms with Crippen LogP contribution in [-0.2, 0) is 10.7 Å². The van der Waals surface area contributed by atoms with Gasteiger partial charge >= 0.3 is 0 Å². The van der Waals surface area contributed by atoms with Crippen molar-refractivity contribution < 1.29 is 18.7 Å². The van der Waals surface area contributed by atoms with Gasteiger partial charge in [0, 0.05) is 56.3 Å². The standard InChI is InChI=1S/C25H34F2N6O2/c1-3-25(26,27)18-6-7-20(21(34)14-18)24-17(2)13-22(30-31-24)29-19-5-4-10-32(15-19)16-23(35)33-11-8-28-9-12-33/h6-7,13-14,19,28,34H,3-5,8-12,15-16H2,1-2H3,(H,29,30)/t19-/m1/s1. The zero-order valence-electron chi connectivity index (χ0n) is 20.4. The van der Waals surface area contributed by atoms with Gasteiger partial charge in [-0.05, 0) is 50.1 Å². The molecule has 1 atom stereocenters. The van der Waals surface area contributed by atoms with E-state index in [4.69, 9.17) is 0 Å². The van der Waals surface area contributed by atoms with E-state index in [2.05, 4.69) is 25.7 Å². The van der Waals surface area contributed by atoms with Crippen molar-refractivity contribution in [3.8, 4) is 17.0 Å². The lowest BCUT2D eigenvalue weighted by molar-refractivity contribution is -0.133. The number of alkyl halides is 2. The number of nitrogens with zero attached hydrogens (tertiary/aromatic N) is 4. The molecule has 2 saturated heterocycles. The molecule has 2 aromatic rings. The molecule has 0 saturated carbocycles. The third-order valence-corrected chi connectivity index (χ3v) is 6.79. The molecule has 4 rings (SSSR count). The van der Waals surface area contributed by atoms with Crippen LogP contribution in [-0.4, -0.2) is 82.9 Å². The maximum atomic E-state index is 14.0. The number of aromatic hydroxyl groups is 1. The fourth-order valence-electron chi connectivity index (χ4n) is 4.72. The van der Waals surface area contributed by atoms with E-state index >= 15 is 0 Å². The van der Waals surface area contributed by atoms with Gasteiger partial charge in [0.1, 0.15) is 11.6 Å². The van der Waals surface area contributed by atoms with E-state index in [1.165, 1.54) is 19.1 Å². The molecule has 10 heteroatoms. The van der Waals surface area contributed by atoms with Crippen molar-refractivity contribution in [3.05, 3.63) is 35.4 Å². The molecule has 0 bridgehead atoms. The van der Waals surface area contributed by atoms with Gasteiger partial charge in [-0.3, -0.25) is 9.69 Å². The Balaban J connectivity index is 1.39. The summed E-state index contributed by atoms with van der Waals surface area (Å²) in [5.41, 5.74) is 1.37. The first-order valence-corrected chi connectivity index (χ1v) is 12.3. The third kappa shape index (κ3) is 6.05. The van der Waals surface area contributed by atoms with E-state index in [-0.39, 0.29) is 29.7 Å². The Morgan fingerprint density at radius 2 is 2.00 bits per heavy atom. The molecule has 2 aliphatic rings. The van der Waals surface area contributed by atoms with E-state index in [9.17, 15) is 18.7 Å². The van der Waals surface area contributed by atoms with Crippen LogP contribution in [0.15, 0.2) is 24.3 Å². The molecular formula is C25H34F2N6O2. The quantitative estimate of drug-likeness (QED) is 0.552. The minimum Gasteiger partial charge on any atom is -0.507 e. The second-order valence-electron chi connectivity index (χ2n) is 9.40. The number of hydrogen-bond donors (Lipinski definition) is 3. The minimum absolute atomic E-state index is 0.142. The average Bonchev–Trinajstić information content (AvgIpc) is 2.85. The maximum Gasteiger partial charge on any atom is 0.273 e. The molecule has 0 unspecified atom stereocenters. The summed E-state index contributed by atoms with van der Waals surface area (Å²) < 4.78 is 27.9. The van der Waals surface area contributed by atoms with Crippen LogP contribution in [0.4, 0.5) is 14.6 Å². The summed E-state index contributed by atoms with van der Waals surface area (Å²) in [5.74, 6) is -2.45. The van der Waals surface area contributed by atoms with Gasteiger partial charge < -0.3 is 20.6 Å². The Labute approximate surface area is 204 Å². The predicted molar refractivity (Wildman–Crippen MR) is 131 cm³/mol. The minimum atomic E-state index is -2.99. The SMILES string of the molecule is CCC(F)(F)c1ccc(-c2nnc(N[C@@H]3CCCN(CC(=O)N4CCNCC4)C3)cc2C)c(O)c1. The van der Waals surface area contributed by atoms with Crippen LogP contribution in [0, 0.1) is 6.92 Å². The number of piperazine rings is 1. The Morgan fingerprint density at radius 3 is 2.69 bits per heavy atom. The number of likely N-dealkylation sites (tertiary alicyclic amines) is 1. The second kappa shape index (κ2) is 10.8. The molecule has 1 aromatic carbocycles. The van der Waals surface area contributed by atoms with Crippen molar-refractivity contribution in [2.24, 2.45) is 0 Å². The van der Waals surface area contributed by atoms with Gasteiger partial charge in [0.2, 0.25) is 5.91 Å². The van der Waals surface area contributed by atoms with Crippen LogP contribution in [0.5, 0.6) is 5.75 Å². The van der Waals surface area contributed by atoms with Gasteiger partial charge in [-0.25, -0.2) is 8.78 Å². The number of hydrogen-bond acceptors (Lipinski definition) is 7. The molecule has 1 aromatic heterocycles. The first-order chi connectivity index (χ1) is 16.8. The first-order valence-electron chi connectivity index (χ1n) is 12.3. The number of amides is 1. The second-order valence-corrected chi connectivity index (χ2v) is 9.40. The molecular weight excluding hydrogens is 454 g/mol. The van der Waals surface area contributed by atoms with Gasteiger partial charge in [0.05, 0.1) is 12.2 Å². The van der Waals surface area contributed by atoms with E-state index in [0.717, 1.165) is 63.7 Å². The molecule has 3 heterocycles. The Bertz CT molecular complexity index is 1040. The highest BCUT2D eigenvalue weighted by Gasteiger charge is 2.30. The summed E-state index contributed by atoms with van der Waals surface area (Å²) in [4.78, 5) is 16.7. The number of phenolic OH excluding ortho intramolecular Hbond substituents is 1. The number of anilines is 1. The number of carbonyl (C=O) groups excluding carboxylic acids is 1. The molecule has 8 nitrogen and oxygen atoms in total. The van der Waals surface area contributed by atoms with Crippen LogP contribution in [0.25, 0.3) is 11.3 Å². The van der Waals surface area contributed by atoms with E-state index in [1.807, 2.05) is 17.9 Å². The van der Waals surface area contributed by atoms with Crippen LogP contribution >= 0.6 is 0 Å². The number of aromatic nitrogens is 2. The monoisotopic (exact) mass is 488 g/mol. The number of piperidine rings is 1. The molecule has 0 aliphatic carbocycles. The fourth-order valence-corrected chi connectivity index (χ4v) is 4.72. The van der Waals surface area contributed by atoms with Crippen LogP contribution in [0.2, 0.25) is 0 Å². The molecule has 2 fully saturated rings. The van der Waals surface area contributed by atoms with Crippen molar-refractivity contribution >= 4 is 11.7 Å². The smallest absolute Gasteiger partial charge is 0.273 e. The van der Waals surface area contributed by atoms with Gasteiger partial charge in [0.25, 0.3) is 5.92 Å². The maximum absolute atomic E-state index is 14.0. The number of phenols is 1. The molecule has 190 valence electrons. The topological polar surface area (TPSA) is 93.6 Å². The summed E-state index contributed by atoms with van der Waals surface area (Å²) in [7, 11) is 0. The largest absolute Gasteiger partial charge is 0.507 e. The third-order valence-electron chi connectivity index (χ3n) is 6.79. The summed E-state index contributed by atoms with van der Waals surface area (Å²) in [6.07, 6.45) is 1.61. The van der Waals surface area contributed by atoms with Crippen molar-refractivity contribution in [1.29, 1.82) is 0 Å². The van der Waals surface area contributed by atoms with E-state index in [1.54, 1.807) is 0 Å². The Morgan fingerprint density at radius 1 is 1.23 bits per heavy atom. The summed E-state index contributed by atoms with van der Waals surface area (Å²) in [6.45, 7) is 8.52. The van der Waals surface area contributed by atoms with Gasteiger partial charge in [-0.2, -0.15) is 0 Å². The van der Waals surface area contributed by atoms with E-state index in [0.29, 0.717) is 23.6 Å². The molecule has 2 aliphatic heterocycles. The van der Waals surface area contributed by atoms with Crippen LogP contribution in [0.3, 0.4) is 0 Å². The predicted octanol–water partition coefficient (Wildman–Crippen LogP) is 2.97. The highest BCUT2D eigenvalue weighted by atomic mass is 19.3. The number of nitrogens with one attached hydrogen (secondary N) is 2. The highest BCUT2D eigenvalue weighted by molar-refractivity contribution is 5.78. The number of benzene rings is 1. The fraction of sp³-hybridized carbons (Fsp3) is 0.560. The lowest BCUT2D eigenvalue weighted by Crippen LogP contribution is -2.51.